The van der Waals surface area contributed by atoms with E-state index in [-0.39, 0.29) is 5.91 Å². The Labute approximate surface area is 128 Å². The van der Waals surface area contributed by atoms with Gasteiger partial charge < -0.3 is 0 Å². The molecule has 0 saturated carbocycles. The van der Waals surface area contributed by atoms with Crippen LogP contribution in [0.3, 0.4) is 0 Å². The Morgan fingerprint density at radius 3 is 2.82 bits per heavy atom. The summed E-state index contributed by atoms with van der Waals surface area (Å²) >= 11 is 0. The molecule has 3 heterocycles. The second kappa shape index (κ2) is 4.95. The van der Waals surface area contributed by atoms with E-state index in [1.54, 1.807) is 12.4 Å². The molecule has 0 aliphatic carbocycles. The fourth-order valence-corrected chi connectivity index (χ4v) is 3.29. The number of aromatic nitrogens is 2. The third kappa shape index (κ3) is 1.90. The Bertz CT molecular complexity index is 904. The van der Waals surface area contributed by atoms with Gasteiger partial charge in [-0.3, -0.25) is 14.3 Å². The summed E-state index contributed by atoms with van der Waals surface area (Å²) in [6.07, 6.45) is 7.17. The summed E-state index contributed by atoms with van der Waals surface area (Å²) in [6.45, 7) is 2.11. The van der Waals surface area contributed by atoms with E-state index in [0.717, 1.165) is 35.2 Å². The predicted molar refractivity (Wildman–Crippen MR) is 87.8 cm³/mol. The van der Waals surface area contributed by atoms with Gasteiger partial charge in [0, 0.05) is 29.0 Å². The smallest absolute Gasteiger partial charge is 0.258 e. The van der Waals surface area contributed by atoms with Gasteiger partial charge in [-0.15, -0.1) is 0 Å². The number of nitrogens with zero attached hydrogens (tertiary/aromatic N) is 2. The van der Waals surface area contributed by atoms with Crippen molar-refractivity contribution in [1.82, 2.24) is 9.55 Å². The maximum absolute atomic E-state index is 12.9. The molecule has 0 spiro atoms. The van der Waals surface area contributed by atoms with Crippen LogP contribution in [0.25, 0.3) is 17.0 Å². The number of hydrogen-bond acceptors (Lipinski definition) is 2. The van der Waals surface area contributed by atoms with Crippen molar-refractivity contribution in [1.29, 1.82) is 0 Å². The topological polar surface area (TPSA) is 34.9 Å². The number of rotatable bonds is 1. The fourth-order valence-electron chi connectivity index (χ4n) is 3.29. The van der Waals surface area contributed by atoms with Crippen LogP contribution < -0.4 is 0 Å². The van der Waals surface area contributed by atoms with Crippen LogP contribution in [-0.2, 0) is 6.42 Å². The third-order valence-corrected chi connectivity index (χ3v) is 4.39. The number of para-hydroxylation sites is 1. The van der Waals surface area contributed by atoms with Crippen LogP contribution in [0.2, 0.25) is 0 Å². The van der Waals surface area contributed by atoms with Gasteiger partial charge in [0.15, 0.2) is 0 Å². The van der Waals surface area contributed by atoms with Gasteiger partial charge in [0.25, 0.3) is 5.91 Å². The SMILES string of the molecule is Cc1c2n(c3ccccc13)C(=O)C(=Cc1cccnc1)CC2. The molecule has 0 N–H and O–H groups in total. The molecule has 22 heavy (non-hydrogen) atoms. The van der Waals surface area contributed by atoms with E-state index >= 15 is 0 Å². The summed E-state index contributed by atoms with van der Waals surface area (Å²) in [7, 11) is 0. The molecule has 1 aromatic carbocycles. The lowest BCUT2D eigenvalue weighted by atomic mass is 9.99. The molecule has 0 unspecified atom stereocenters. The maximum atomic E-state index is 12.9. The van der Waals surface area contributed by atoms with Crippen LogP contribution in [0.4, 0.5) is 0 Å². The molecule has 108 valence electrons. The Balaban J connectivity index is 1.87. The van der Waals surface area contributed by atoms with Gasteiger partial charge in [0.05, 0.1) is 5.52 Å². The number of pyridine rings is 1. The Morgan fingerprint density at radius 2 is 2.00 bits per heavy atom. The normalized spacial score (nSPS) is 16.2. The van der Waals surface area contributed by atoms with E-state index < -0.39 is 0 Å². The molecule has 0 saturated heterocycles. The minimum absolute atomic E-state index is 0.0920. The van der Waals surface area contributed by atoms with Crippen LogP contribution in [-0.4, -0.2) is 15.5 Å². The Kier molecular flexibility index (Phi) is 2.93. The standard InChI is InChI=1S/C19H16N2O/c1-13-16-6-2-3-7-18(16)21-17(13)9-8-15(19(21)22)11-14-5-4-10-20-12-14/h2-7,10-12H,8-9H2,1H3. The zero-order valence-electron chi connectivity index (χ0n) is 12.4. The van der Waals surface area contributed by atoms with E-state index in [9.17, 15) is 4.79 Å². The summed E-state index contributed by atoms with van der Waals surface area (Å²) < 4.78 is 1.89. The average molecular weight is 288 g/mol. The summed E-state index contributed by atoms with van der Waals surface area (Å²) in [5, 5.41) is 1.17. The highest BCUT2D eigenvalue weighted by molar-refractivity contribution is 6.07. The monoisotopic (exact) mass is 288 g/mol. The minimum atomic E-state index is 0.0920. The quantitative estimate of drug-likeness (QED) is 0.634. The van der Waals surface area contributed by atoms with Gasteiger partial charge in [0.1, 0.15) is 0 Å². The molecule has 0 amide bonds. The summed E-state index contributed by atoms with van der Waals surface area (Å²) in [6, 6.07) is 12.0. The molecule has 3 heteroatoms. The lowest BCUT2D eigenvalue weighted by Gasteiger charge is -2.18. The van der Waals surface area contributed by atoms with E-state index in [2.05, 4.69) is 18.0 Å². The summed E-state index contributed by atoms with van der Waals surface area (Å²) in [5.41, 5.74) is 5.21. The molecule has 4 rings (SSSR count). The lowest BCUT2D eigenvalue weighted by molar-refractivity contribution is 0.0946. The van der Waals surface area contributed by atoms with Crippen molar-refractivity contribution in [3.8, 4) is 0 Å². The molecule has 3 aromatic rings. The van der Waals surface area contributed by atoms with Crippen LogP contribution in [0.5, 0.6) is 0 Å². The number of benzene rings is 1. The van der Waals surface area contributed by atoms with E-state index in [1.807, 2.05) is 41.0 Å². The van der Waals surface area contributed by atoms with Crippen molar-refractivity contribution in [3.05, 3.63) is 71.2 Å². The molecule has 2 aromatic heterocycles. The van der Waals surface area contributed by atoms with E-state index in [1.165, 1.54) is 10.9 Å². The highest BCUT2D eigenvalue weighted by atomic mass is 16.2. The predicted octanol–water partition coefficient (Wildman–Crippen LogP) is 4.01. The molecule has 3 nitrogen and oxygen atoms in total. The van der Waals surface area contributed by atoms with Crippen LogP contribution in [0.15, 0.2) is 54.4 Å². The van der Waals surface area contributed by atoms with Crippen molar-refractivity contribution >= 4 is 22.9 Å². The van der Waals surface area contributed by atoms with Crippen LogP contribution in [0.1, 0.15) is 28.0 Å². The van der Waals surface area contributed by atoms with Gasteiger partial charge in [-0.1, -0.05) is 24.3 Å². The van der Waals surface area contributed by atoms with Crippen molar-refractivity contribution < 1.29 is 4.79 Å². The molecular formula is C19H16N2O. The van der Waals surface area contributed by atoms with Crippen molar-refractivity contribution in [2.24, 2.45) is 0 Å². The number of hydrogen-bond donors (Lipinski definition) is 0. The number of carbonyl (C=O) groups is 1. The molecular weight excluding hydrogens is 272 g/mol. The molecule has 1 aliphatic rings. The number of allylic oxidation sites excluding steroid dienone is 1. The van der Waals surface area contributed by atoms with Crippen LogP contribution >= 0.6 is 0 Å². The summed E-state index contributed by atoms with van der Waals surface area (Å²) in [5.74, 6) is 0.0920. The highest BCUT2D eigenvalue weighted by Gasteiger charge is 2.25. The van der Waals surface area contributed by atoms with Gasteiger partial charge in [-0.05, 0) is 49.1 Å². The van der Waals surface area contributed by atoms with E-state index in [0.29, 0.717) is 0 Å². The maximum Gasteiger partial charge on any atom is 0.258 e. The first-order chi connectivity index (χ1) is 10.8. The Hall–Kier alpha value is -2.68. The number of fused-ring (bicyclic) bond motifs is 3. The van der Waals surface area contributed by atoms with Crippen molar-refractivity contribution in [3.63, 3.8) is 0 Å². The second-order valence-corrected chi connectivity index (χ2v) is 5.69. The second-order valence-electron chi connectivity index (χ2n) is 5.69. The zero-order chi connectivity index (χ0) is 15.1. The highest BCUT2D eigenvalue weighted by Crippen LogP contribution is 2.32. The third-order valence-electron chi connectivity index (χ3n) is 4.39. The van der Waals surface area contributed by atoms with Gasteiger partial charge in [-0.25, -0.2) is 0 Å². The minimum Gasteiger partial charge on any atom is -0.280 e. The first kappa shape index (κ1) is 13.0. The first-order valence-electron chi connectivity index (χ1n) is 7.50. The molecule has 0 atom stereocenters. The zero-order valence-corrected chi connectivity index (χ0v) is 12.4. The van der Waals surface area contributed by atoms with Gasteiger partial charge >= 0.3 is 0 Å². The number of aryl methyl sites for hydroxylation is 1. The number of carbonyl (C=O) groups excluding carboxylic acids is 1. The van der Waals surface area contributed by atoms with Crippen molar-refractivity contribution in [2.75, 3.05) is 0 Å². The summed E-state index contributed by atoms with van der Waals surface area (Å²) in [4.78, 5) is 17.0. The molecule has 0 bridgehead atoms. The van der Waals surface area contributed by atoms with Crippen molar-refractivity contribution in [2.45, 2.75) is 19.8 Å². The lowest BCUT2D eigenvalue weighted by Crippen LogP contribution is -2.22. The van der Waals surface area contributed by atoms with E-state index in [4.69, 9.17) is 0 Å². The van der Waals surface area contributed by atoms with Gasteiger partial charge in [-0.2, -0.15) is 0 Å². The average Bonchev–Trinajstić information content (AvgIpc) is 2.85. The molecule has 1 aliphatic heterocycles. The first-order valence-corrected chi connectivity index (χ1v) is 7.50. The van der Waals surface area contributed by atoms with Crippen LogP contribution in [0, 0.1) is 6.92 Å². The largest absolute Gasteiger partial charge is 0.280 e. The fraction of sp³-hybridized carbons (Fsp3) is 0.158. The van der Waals surface area contributed by atoms with Gasteiger partial charge in [0.2, 0.25) is 0 Å². The molecule has 0 fully saturated rings. The molecule has 0 radical (unpaired) electrons. The Morgan fingerprint density at radius 1 is 1.14 bits per heavy atom.